The summed E-state index contributed by atoms with van der Waals surface area (Å²) in [5.41, 5.74) is 1.13. The van der Waals surface area contributed by atoms with Gasteiger partial charge in [0.05, 0.1) is 6.42 Å². The largest absolute Gasteiger partial charge is 0.508 e. The predicted octanol–water partition coefficient (Wildman–Crippen LogP) is 6.53. The maximum atomic E-state index is 12.6. The smallest absolute Gasteiger partial charge is 0.310 e. The second kappa shape index (κ2) is 9.53. The second-order valence-corrected chi connectivity index (χ2v) is 10.4. The van der Waals surface area contributed by atoms with Gasteiger partial charge in [-0.3, -0.25) is 4.79 Å². The van der Waals surface area contributed by atoms with Crippen molar-refractivity contribution in [1.82, 2.24) is 0 Å². The number of esters is 1. The van der Waals surface area contributed by atoms with Crippen LogP contribution >= 0.6 is 0 Å². The Balaban J connectivity index is 1.59. The van der Waals surface area contributed by atoms with E-state index < -0.39 is 0 Å². The minimum absolute atomic E-state index is 0.0615. The summed E-state index contributed by atoms with van der Waals surface area (Å²) >= 11 is 0. The first kappa shape index (κ1) is 22.2. The molecule has 3 heteroatoms. The Bertz CT molecular complexity index is 682. The molecule has 162 valence electrons. The summed E-state index contributed by atoms with van der Waals surface area (Å²) in [4.78, 5) is 12.6. The van der Waals surface area contributed by atoms with Crippen LogP contribution in [0.4, 0.5) is 0 Å². The highest BCUT2D eigenvalue weighted by molar-refractivity contribution is 5.73. The number of hydrogen-bond acceptors (Lipinski definition) is 3. The first-order chi connectivity index (χ1) is 13.8. The van der Waals surface area contributed by atoms with Crippen molar-refractivity contribution in [2.45, 2.75) is 91.6 Å². The lowest BCUT2D eigenvalue weighted by atomic mass is 9.61. The lowest BCUT2D eigenvalue weighted by Gasteiger charge is -2.46. The first-order valence-corrected chi connectivity index (χ1v) is 11.8. The molecule has 2 fully saturated rings. The quantitative estimate of drug-likeness (QED) is 0.505. The van der Waals surface area contributed by atoms with E-state index in [9.17, 15) is 9.90 Å². The molecule has 3 rings (SSSR count). The number of rotatable bonds is 8. The third-order valence-corrected chi connectivity index (χ3v) is 7.81. The molecular formula is C26H40O3. The van der Waals surface area contributed by atoms with Gasteiger partial charge in [0.1, 0.15) is 11.9 Å². The SMILES string of the molecule is CC(C)CCC[C@@H](C)[C@H]1CC[C@H]2[C@@H](OC(=O)Cc3cccc(O)c3)CCC[C@]12C. The highest BCUT2D eigenvalue weighted by atomic mass is 16.5. The molecule has 0 heterocycles. The van der Waals surface area contributed by atoms with Gasteiger partial charge in [-0.25, -0.2) is 0 Å². The summed E-state index contributed by atoms with van der Waals surface area (Å²) in [7, 11) is 0. The fourth-order valence-electron chi connectivity index (χ4n) is 6.33. The van der Waals surface area contributed by atoms with Crippen LogP contribution in [0.15, 0.2) is 24.3 Å². The second-order valence-electron chi connectivity index (χ2n) is 10.4. The highest BCUT2D eigenvalue weighted by Crippen LogP contribution is 2.58. The lowest BCUT2D eigenvalue weighted by molar-refractivity contribution is -0.157. The molecule has 0 aliphatic heterocycles. The highest BCUT2D eigenvalue weighted by Gasteiger charge is 2.53. The zero-order chi connectivity index (χ0) is 21.0. The molecule has 0 aromatic heterocycles. The number of phenolic OH excluding ortho intramolecular Hbond substituents is 1. The Morgan fingerprint density at radius 3 is 2.72 bits per heavy atom. The Labute approximate surface area is 177 Å². The maximum absolute atomic E-state index is 12.6. The summed E-state index contributed by atoms with van der Waals surface area (Å²) in [5.74, 6) is 2.85. The van der Waals surface area contributed by atoms with E-state index in [2.05, 4.69) is 27.7 Å². The number of benzene rings is 1. The molecular weight excluding hydrogens is 360 g/mol. The average molecular weight is 401 g/mol. The zero-order valence-electron chi connectivity index (χ0n) is 18.8. The molecule has 0 bridgehead atoms. The van der Waals surface area contributed by atoms with E-state index in [0.717, 1.165) is 36.2 Å². The fourth-order valence-corrected chi connectivity index (χ4v) is 6.33. The summed E-state index contributed by atoms with van der Waals surface area (Å²) in [6.07, 6.45) is 10.2. The van der Waals surface area contributed by atoms with Gasteiger partial charge in [-0.05, 0) is 73.0 Å². The van der Waals surface area contributed by atoms with Crippen molar-refractivity contribution in [3.05, 3.63) is 29.8 Å². The Morgan fingerprint density at radius 1 is 1.21 bits per heavy atom. The van der Waals surface area contributed by atoms with Crippen LogP contribution in [0.2, 0.25) is 0 Å². The van der Waals surface area contributed by atoms with Crippen LogP contribution in [0, 0.1) is 29.1 Å². The Morgan fingerprint density at radius 2 is 2.00 bits per heavy atom. The van der Waals surface area contributed by atoms with Gasteiger partial charge in [0.25, 0.3) is 0 Å². The summed E-state index contributed by atoms with van der Waals surface area (Å²) in [6, 6.07) is 6.92. The fraction of sp³-hybridized carbons (Fsp3) is 0.731. The molecule has 0 spiro atoms. The maximum Gasteiger partial charge on any atom is 0.310 e. The minimum Gasteiger partial charge on any atom is -0.508 e. The van der Waals surface area contributed by atoms with Gasteiger partial charge < -0.3 is 9.84 Å². The van der Waals surface area contributed by atoms with Gasteiger partial charge in [0.15, 0.2) is 0 Å². The molecule has 1 aromatic rings. The monoisotopic (exact) mass is 400 g/mol. The van der Waals surface area contributed by atoms with E-state index in [1.807, 2.05) is 6.07 Å². The molecule has 29 heavy (non-hydrogen) atoms. The van der Waals surface area contributed by atoms with Crippen molar-refractivity contribution in [3.8, 4) is 5.75 Å². The van der Waals surface area contributed by atoms with Crippen molar-refractivity contribution in [2.24, 2.45) is 29.1 Å². The van der Waals surface area contributed by atoms with Gasteiger partial charge in [-0.2, -0.15) is 0 Å². The summed E-state index contributed by atoms with van der Waals surface area (Å²) in [6.45, 7) is 9.56. The molecule has 0 saturated heterocycles. The van der Waals surface area contributed by atoms with E-state index in [1.165, 1.54) is 38.5 Å². The standard InChI is InChI=1S/C26H40O3/c1-18(2)8-5-9-19(3)22-13-14-23-24(12-7-15-26(22,23)4)29-25(28)17-20-10-6-11-21(27)16-20/h6,10-11,16,18-19,22-24,27H,5,7-9,12-15,17H2,1-4H3/t19-,22-,23+,24+,26-/m1/s1. The van der Waals surface area contributed by atoms with Gasteiger partial charge in [0.2, 0.25) is 0 Å². The molecule has 0 unspecified atom stereocenters. The van der Waals surface area contributed by atoms with Crippen LogP contribution in [0.25, 0.3) is 0 Å². The van der Waals surface area contributed by atoms with Crippen molar-refractivity contribution < 1.29 is 14.6 Å². The van der Waals surface area contributed by atoms with Crippen LogP contribution in [0.3, 0.4) is 0 Å². The molecule has 3 nitrogen and oxygen atoms in total. The third kappa shape index (κ3) is 5.35. The van der Waals surface area contributed by atoms with Crippen molar-refractivity contribution in [2.75, 3.05) is 0 Å². The molecule has 5 atom stereocenters. The molecule has 1 aromatic carbocycles. The number of hydrogen-bond donors (Lipinski definition) is 1. The normalized spacial score (nSPS) is 30.2. The van der Waals surface area contributed by atoms with Crippen LogP contribution in [0.5, 0.6) is 5.75 Å². The van der Waals surface area contributed by atoms with E-state index in [-0.39, 0.29) is 24.2 Å². The predicted molar refractivity (Wildman–Crippen MR) is 118 cm³/mol. The van der Waals surface area contributed by atoms with Crippen LogP contribution in [-0.2, 0) is 16.0 Å². The van der Waals surface area contributed by atoms with Crippen molar-refractivity contribution in [3.63, 3.8) is 0 Å². The summed E-state index contributed by atoms with van der Waals surface area (Å²) in [5, 5.41) is 9.63. The van der Waals surface area contributed by atoms with Gasteiger partial charge in [0, 0.05) is 5.92 Å². The lowest BCUT2D eigenvalue weighted by Crippen LogP contribution is -2.43. The number of carbonyl (C=O) groups excluding carboxylic acids is 1. The number of phenols is 1. The molecule has 0 amide bonds. The van der Waals surface area contributed by atoms with Crippen LogP contribution in [0.1, 0.15) is 84.6 Å². The van der Waals surface area contributed by atoms with Gasteiger partial charge in [-0.1, -0.05) is 59.1 Å². The van der Waals surface area contributed by atoms with E-state index in [4.69, 9.17) is 4.74 Å². The molecule has 2 aliphatic carbocycles. The third-order valence-electron chi connectivity index (χ3n) is 7.81. The van der Waals surface area contributed by atoms with Gasteiger partial charge in [-0.15, -0.1) is 0 Å². The Hall–Kier alpha value is -1.51. The topological polar surface area (TPSA) is 46.5 Å². The molecule has 2 aliphatic rings. The first-order valence-electron chi connectivity index (χ1n) is 11.8. The number of aromatic hydroxyl groups is 1. The van der Waals surface area contributed by atoms with Crippen molar-refractivity contribution >= 4 is 5.97 Å². The van der Waals surface area contributed by atoms with Crippen LogP contribution < -0.4 is 0 Å². The molecule has 2 saturated carbocycles. The molecule has 1 N–H and O–H groups in total. The zero-order valence-corrected chi connectivity index (χ0v) is 18.8. The van der Waals surface area contributed by atoms with Gasteiger partial charge >= 0.3 is 5.97 Å². The number of carbonyl (C=O) groups is 1. The molecule has 0 radical (unpaired) electrons. The van der Waals surface area contributed by atoms with E-state index in [1.54, 1.807) is 18.2 Å². The minimum atomic E-state index is -0.154. The number of ether oxygens (including phenoxy) is 1. The number of fused-ring (bicyclic) bond motifs is 1. The average Bonchev–Trinajstić information content (AvgIpc) is 2.99. The Kier molecular flexibility index (Phi) is 7.29. The van der Waals surface area contributed by atoms with Crippen molar-refractivity contribution in [1.29, 1.82) is 0 Å². The van der Waals surface area contributed by atoms with E-state index in [0.29, 0.717) is 11.3 Å². The van der Waals surface area contributed by atoms with E-state index >= 15 is 0 Å². The van der Waals surface area contributed by atoms with Crippen LogP contribution in [-0.4, -0.2) is 17.2 Å². The summed E-state index contributed by atoms with van der Waals surface area (Å²) < 4.78 is 6.03.